The van der Waals surface area contributed by atoms with Crippen molar-refractivity contribution in [2.45, 2.75) is 32.7 Å². The lowest BCUT2D eigenvalue weighted by Gasteiger charge is -2.17. The topological polar surface area (TPSA) is 50.2 Å². The Balaban J connectivity index is 1.94. The van der Waals surface area contributed by atoms with Gasteiger partial charge in [0.25, 0.3) is 5.56 Å². The van der Waals surface area contributed by atoms with Gasteiger partial charge in [-0.15, -0.1) is 0 Å². The van der Waals surface area contributed by atoms with E-state index in [0.717, 1.165) is 38.3 Å². The minimum Gasteiger partial charge on any atom is -0.370 e. The van der Waals surface area contributed by atoms with Gasteiger partial charge in [0.1, 0.15) is 0 Å². The first-order valence-corrected chi connectivity index (χ1v) is 6.84. The maximum atomic E-state index is 11.9. The summed E-state index contributed by atoms with van der Waals surface area (Å²) in [5.74, 6) is 0. The summed E-state index contributed by atoms with van der Waals surface area (Å²) >= 11 is 0. The van der Waals surface area contributed by atoms with E-state index < -0.39 is 0 Å². The number of nitrogens with zero attached hydrogens (tertiary/aromatic N) is 3. The lowest BCUT2D eigenvalue weighted by molar-refractivity contribution is 0.527. The van der Waals surface area contributed by atoms with Gasteiger partial charge in [-0.2, -0.15) is 5.10 Å². The molecule has 2 heterocycles. The van der Waals surface area contributed by atoms with Gasteiger partial charge in [-0.1, -0.05) is 6.92 Å². The van der Waals surface area contributed by atoms with E-state index >= 15 is 0 Å². The third-order valence-electron chi connectivity index (χ3n) is 3.30. The van der Waals surface area contributed by atoms with Crippen LogP contribution < -0.4 is 15.8 Å². The molecule has 1 aromatic heterocycles. The molecule has 1 aliphatic heterocycles. The van der Waals surface area contributed by atoms with Gasteiger partial charge >= 0.3 is 0 Å². The van der Waals surface area contributed by atoms with Crippen LogP contribution in [0.3, 0.4) is 0 Å². The molecule has 5 heteroatoms. The van der Waals surface area contributed by atoms with E-state index in [1.807, 2.05) is 6.20 Å². The second-order valence-electron chi connectivity index (χ2n) is 4.68. The van der Waals surface area contributed by atoms with Gasteiger partial charge < -0.3 is 10.2 Å². The van der Waals surface area contributed by atoms with Gasteiger partial charge in [0.05, 0.1) is 11.9 Å². The summed E-state index contributed by atoms with van der Waals surface area (Å²) in [5.41, 5.74) is 0.983. The third kappa shape index (κ3) is 3.32. The summed E-state index contributed by atoms with van der Waals surface area (Å²) in [6.45, 7) is 6.76. The predicted molar refractivity (Wildman–Crippen MR) is 73.1 cm³/mol. The second-order valence-corrected chi connectivity index (χ2v) is 4.68. The van der Waals surface area contributed by atoms with Gasteiger partial charge in [0.2, 0.25) is 0 Å². The second kappa shape index (κ2) is 6.54. The molecular weight excluding hydrogens is 228 g/mol. The highest BCUT2D eigenvalue weighted by Crippen LogP contribution is 2.16. The van der Waals surface area contributed by atoms with Crippen molar-refractivity contribution in [1.82, 2.24) is 15.1 Å². The van der Waals surface area contributed by atoms with E-state index in [4.69, 9.17) is 0 Å². The van der Waals surface area contributed by atoms with Crippen LogP contribution in [0.25, 0.3) is 0 Å². The fourth-order valence-electron chi connectivity index (χ4n) is 2.27. The highest BCUT2D eigenvalue weighted by molar-refractivity contribution is 5.43. The minimum atomic E-state index is 0.0101. The predicted octanol–water partition coefficient (Wildman–Crippen LogP) is 0.843. The van der Waals surface area contributed by atoms with E-state index in [1.165, 1.54) is 12.8 Å². The molecule has 5 nitrogen and oxygen atoms in total. The number of rotatable bonds is 6. The molecule has 0 radical (unpaired) electrons. The van der Waals surface area contributed by atoms with E-state index in [0.29, 0.717) is 6.54 Å². The van der Waals surface area contributed by atoms with Crippen molar-refractivity contribution < 1.29 is 0 Å². The fourth-order valence-corrected chi connectivity index (χ4v) is 2.27. The molecule has 1 saturated heterocycles. The molecule has 100 valence electrons. The van der Waals surface area contributed by atoms with Crippen LogP contribution >= 0.6 is 0 Å². The normalized spacial score (nSPS) is 15.3. The van der Waals surface area contributed by atoms with Gasteiger partial charge in [-0.05, 0) is 32.4 Å². The van der Waals surface area contributed by atoms with Gasteiger partial charge in [-0.3, -0.25) is 4.79 Å². The maximum absolute atomic E-state index is 11.9. The van der Waals surface area contributed by atoms with Crippen LogP contribution in [0, 0.1) is 0 Å². The average molecular weight is 250 g/mol. The van der Waals surface area contributed by atoms with Gasteiger partial charge in [-0.25, -0.2) is 4.68 Å². The van der Waals surface area contributed by atoms with E-state index in [-0.39, 0.29) is 5.56 Å². The SMILES string of the molecule is CCNCCCn1ncc(N2CCCC2)cc1=O. The summed E-state index contributed by atoms with van der Waals surface area (Å²) in [5, 5.41) is 7.50. The minimum absolute atomic E-state index is 0.0101. The Morgan fingerprint density at radius 1 is 1.39 bits per heavy atom. The molecule has 1 N–H and O–H groups in total. The molecule has 1 aromatic rings. The molecule has 1 fully saturated rings. The van der Waals surface area contributed by atoms with Crippen molar-refractivity contribution >= 4 is 5.69 Å². The molecule has 0 atom stereocenters. The summed E-state index contributed by atoms with van der Waals surface area (Å²) in [6.07, 6.45) is 5.18. The molecule has 2 rings (SSSR count). The smallest absolute Gasteiger partial charge is 0.268 e. The van der Waals surface area contributed by atoms with Crippen molar-refractivity contribution in [2.24, 2.45) is 0 Å². The first-order chi connectivity index (χ1) is 8.81. The Labute approximate surface area is 108 Å². The summed E-state index contributed by atoms with van der Waals surface area (Å²) in [6, 6.07) is 1.71. The Bertz CT molecular complexity index is 423. The van der Waals surface area contributed by atoms with Crippen LogP contribution in [0.1, 0.15) is 26.2 Å². The van der Waals surface area contributed by atoms with Crippen LogP contribution in [0.2, 0.25) is 0 Å². The van der Waals surface area contributed by atoms with Crippen LogP contribution in [0.15, 0.2) is 17.1 Å². The summed E-state index contributed by atoms with van der Waals surface area (Å²) < 4.78 is 1.55. The molecular formula is C13H22N4O. The van der Waals surface area contributed by atoms with Crippen molar-refractivity contribution in [3.8, 4) is 0 Å². The molecule has 0 aromatic carbocycles. The standard InChI is InChI=1S/C13H22N4O/c1-2-14-6-5-9-17-13(18)10-12(11-15-17)16-7-3-4-8-16/h10-11,14H,2-9H2,1H3. The quantitative estimate of drug-likeness (QED) is 0.760. The van der Waals surface area contributed by atoms with Crippen LogP contribution in [-0.2, 0) is 6.54 Å². The molecule has 0 unspecified atom stereocenters. The molecule has 0 bridgehead atoms. The Hall–Kier alpha value is -1.36. The fraction of sp³-hybridized carbons (Fsp3) is 0.692. The number of hydrogen-bond acceptors (Lipinski definition) is 4. The Kier molecular flexibility index (Phi) is 4.75. The van der Waals surface area contributed by atoms with Gasteiger partial charge in [0.15, 0.2) is 0 Å². The first kappa shape index (κ1) is 13.1. The zero-order chi connectivity index (χ0) is 12.8. The number of aryl methyl sites for hydroxylation is 1. The van der Waals surface area contributed by atoms with E-state index in [9.17, 15) is 4.79 Å². The lowest BCUT2D eigenvalue weighted by atomic mass is 10.4. The maximum Gasteiger partial charge on any atom is 0.268 e. The monoisotopic (exact) mass is 250 g/mol. The molecule has 0 saturated carbocycles. The molecule has 0 aliphatic carbocycles. The van der Waals surface area contributed by atoms with E-state index in [1.54, 1.807) is 10.7 Å². The number of hydrogen-bond donors (Lipinski definition) is 1. The van der Waals surface area contributed by atoms with Crippen molar-refractivity contribution in [2.75, 3.05) is 31.1 Å². The van der Waals surface area contributed by atoms with Crippen LogP contribution in [-0.4, -0.2) is 36.0 Å². The van der Waals surface area contributed by atoms with Crippen molar-refractivity contribution in [1.29, 1.82) is 0 Å². The van der Waals surface area contributed by atoms with Gasteiger partial charge in [0, 0.05) is 25.7 Å². The summed E-state index contributed by atoms with van der Waals surface area (Å²) in [7, 11) is 0. The molecule has 0 spiro atoms. The van der Waals surface area contributed by atoms with E-state index in [2.05, 4.69) is 22.2 Å². The first-order valence-electron chi connectivity index (χ1n) is 6.84. The number of nitrogens with one attached hydrogen (secondary N) is 1. The lowest BCUT2D eigenvalue weighted by Crippen LogP contribution is -2.27. The van der Waals surface area contributed by atoms with Crippen molar-refractivity contribution in [3.63, 3.8) is 0 Å². The highest BCUT2D eigenvalue weighted by Gasteiger charge is 2.13. The summed E-state index contributed by atoms with van der Waals surface area (Å²) in [4.78, 5) is 14.1. The van der Waals surface area contributed by atoms with Crippen LogP contribution in [0.4, 0.5) is 5.69 Å². The highest BCUT2D eigenvalue weighted by atomic mass is 16.1. The largest absolute Gasteiger partial charge is 0.370 e. The number of aromatic nitrogens is 2. The van der Waals surface area contributed by atoms with Crippen molar-refractivity contribution in [3.05, 3.63) is 22.6 Å². The Morgan fingerprint density at radius 3 is 2.83 bits per heavy atom. The zero-order valence-corrected chi connectivity index (χ0v) is 11.1. The third-order valence-corrected chi connectivity index (χ3v) is 3.30. The zero-order valence-electron chi connectivity index (χ0n) is 11.1. The average Bonchev–Trinajstić information content (AvgIpc) is 2.90. The molecule has 0 amide bonds. The Morgan fingerprint density at radius 2 is 2.17 bits per heavy atom. The molecule has 1 aliphatic rings. The molecule has 18 heavy (non-hydrogen) atoms. The van der Waals surface area contributed by atoms with Crippen LogP contribution in [0.5, 0.6) is 0 Å². The number of anilines is 1.